The first-order valence-corrected chi connectivity index (χ1v) is 9.52. The number of aliphatic hydroxyl groups is 1. The van der Waals surface area contributed by atoms with E-state index in [-0.39, 0.29) is 6.04 Å². The van der Waals surface area contributed by atoms with Gasteiger partial charge in [-0.3, -0.25) is 5.32 Å². The number of halogens is 3. The van der Waals surface area contributed by atoms with Crippen LogP contribution in [0.15, 0.2) is 36.4 Å². The Hall–Kier alpha value is -2.32. The second kappa shape index (κ2) is 7.25. The average Bonchev–Trinajstić information content (AvgIpc) is 3.10. The number of rotatable bonds is 5. The Kier molecular flexibility index (Phi) is 4.93. The highest BCUT2D eigenvalue weighted by Crippen LogP contribution is 2.41. The van der Waals surface area contributed by atoms with Crippen LogP contribution in [0.2, 0.25) is 0 Å². The van der Waals surface area contributed by atoms with E-state index in [1.54, 1.807) is 12.1 Å². The Labute approximate surface area is 161 Å². The standard InChI is InChI=1S/C20H23F3N4O/c1-2-9-24-19(28)27-15-8-10-26(12-15)17-7-6-16(25-18(17)27)13-4-3-5-14(11-13)20(21,22)23/h3-7,11,15,19,24,28H,2,8-10,12H2,1H3/t15-,19?/m0/s1. The van der Waals surface area contributed by atoms with Crippen LogP contribution in [0.4, 0.5) is 24.7 Å². The number of benzene rings is 1. The number of hydrogen-bond acceptors (Lipinski definition) is 5. The molecule has 0 aliphatic carbocycles. The minimum absolute atomic E-state index is 0.121. The molecule has 2 bridgehead atoms. The molecule has 8 heteroatoms. The van der Waals surface area contributed by atoms with E-state index in [9.17, 15) is 18.3 Å². The maximum absolute atomic E-state index is 13.1. The predicted molar refractivity (Wildman–Crippen MR) is 102 cm³/mol. The zero-order chi connectivity index (χ0) is 19.9. The highest BCUT2D eigenvalue weighted by atomic mass is 19.4. The molecule has 2 aliphatic rings. The van der Waals surface area contributed by atoms with Crippen molar-refractivity contribution in [3.05, 3.63) is 42.0 Å². The van der Waals surface area contributed by atoms with E-state index in [0.717, 1.165) is 43.8 Å². The van der Waals surface area contributed by atoms with E-state index in [0.29, 0.717) is 23.6 Å². The SMILES string of the molecule is CCCNC(O)N1c2nc(-c3cccc(C(F)(F)F)c3)ccc2N2CC[C@H]1C2. The van der Waals surface area contributed by atoms with Gasteiger partial charge in [-0.15, -0.1) is 0 Å². The molecule has 28 heavy (non-hydrogen) atoms. The molecule has 0 radical (unpaired) electrons. The van der Waals surface area contributed by atoms with Crippen LogP contribution < -0.4 is 15.1 Å². The first kappa shape index (κ1) is 19.0. The molecule has 0 saturated carbocycles. The van der Waals surface area contributed by atoms with Gasteiger partial charge in [0.25, 0.3) is 0 Å². The second-order valence-electron chi connectivity index (χ2n) is 7.24. The number of aliphatic hydroxyl groups excluding tert-OH is 1. The van der Waals surface area contributed by atoms with E-state index in [4.69, 9.17) is 0 Å². The van der Waals surface area contributed by atoms with E-state index >= 15 is 0 Å². The Bertz CT molecular complexity index is 858. The van der Waals surface area contributed by atoms with E-state index < -0.39 is 18.1 Å². The van der Waals surface area contributed by atoms with Gasteiger partial charge in [0.15, 0.2) is 12.2 Å². The Morgan fingerprint density at radius 3 is 2.86 bits per heavy atom. The lowest BCUT2D eigenvalue weighted by atomic mass is 10.1. The second-order valence-corrected chi connectivity index (χ2v) is 7.24. The highest BCUT2D eigenvalue weighted by Gasteiger charge is 2.40. The number of pyridine rings is 1. The molecule has 4 rings (SSSR count). The van der Waals surface area contributed by atoms with Gasteiger partial charge < -0.3 is 14.9 Å². The largest absolute Gasteiger partial charge is 0.416 e. The fourth-order valence-corrected chi connectivity index (χ4v) is 3.94. The fraction of sp³-hybridized carbons (Fsp3) is 0.450. The first-order valence-electron chi connectivity index (χ1n) is 9.52. The third-order valence-electron chi connectivity index (χ3n) is 5.32. The molecule has 0 amide bonds. The number of alkyl halides is 3. The molecule has 1 saturated heterocycles. The summed E-state index contributed by atoms with van der Waals surface area (Å²) in [6.45, 7) is 4.36. The minimum atomic E-state index is -4.40. The van der Waals surface area contributed by atoms with Crippen molar-refractivity contribution in [2.45, 2.75) is 38.3 Å². The van der Waals surface area contributed by atoms with Crippen molar-refractivity contribution >= 4 is 11.5 Å². The molecule has 1 fully saturated rings. The minimum Gasteiger partial charge on any atom is -0.366 e. The lowest BCUT2D eigenvalue weighted by Gasteiger charge is -2.40. The van der Waals surface area contributed by atoms with Crippen molar-refractivity contribution in [1.29, 1.82) is 0 Å². The van der Waals surface area contributed by atoms with Crippen LogP contribution in [0, 0.1) is 0 Å². The predicted octanol–water partition coefficient (Wildman–Crippen LogP) is 3.44. The maximum atomic E-state index is 13.1. The zero-order valence-electron chi connectivity index (χ0n) is 15.6. The van der Waals surface area contributed by atoms with E-state index in [1.807, 2.05) is 17.9 Å². The van der Waals surface area contributed by atoms with Crippen molar-refractivity contribution in [3.8, 4) is 11.3 Å². The van der Waals surface area contributed by atoms with Crippen LogP contribution in [-0.2, 0) is 6.18 Å². The van der Waals surface area contributed by atoms with Gasteiger partial charge in [0.05, 0.1) is 23.0 Å². The third kappa shape index (κ3) is 3.42. The molecular formula is C20H23F3N4O. The molecule has 2 N–H and O–H groups in total. The van der Waals surface area contributed by atoms with Crippen LogP contribution in [0.5, 0.6) is 0 Å². The van der Waals surface area contributed by atoms with Gasteiger partial charge in [0.2, 0.25) is 0 Å². The molecule has 1 unspecified atom stereocenters. The Morgan fingerprint density at radius 1 is 1.29 bits per heavy atom. The van der Waals surface area contributed by atoms with Gasteiger partial charge >= 0.3 is 6.18 Å². The topological polar surface area (TPSA) is 51.6 Å². The fourth-order valence-electron chi connectivity index (χ4n) is 3.94. The summed E-state index contributed by atoms with van der Waals surface area (Å²) in [5.41, 5.74) is 1.07. The zero-order valence-corrected chi connectivity index (χ0v) is 15.6. The summed E-state index contributed by atoms with van der Waals surface area (Å²) in [6.07, 6.45) is -3.50. The molecule has 150 valence electrons. The summed E-state index contributed by atoms with van der Waals surface area (Å²) in [7, 11) is 0. The quantitative estimate of drug-likeness (QED) is 0.764. The lowest BCUT2D eigenvalue weighted by molar-refractivity contribution is -0.137. The number of aromatic nitrogens is 1. The molecule has 2 aliphatic heterocycles. The molecule has 3 heterocycles. The van der Waals surface area contributed by atoms with Crippen LogP contribution in [0.1, 0.15) is 25.3 Å². The summed E-state index contributed by atoms with van der Waals surface area (Å²) in [5.74, 6) is 0.611. The summed E-state index contributed by atoms with van der Waals surface area (Å²) in [6, 6.07) is 8.94. The summed E-state index contributed by atoms with van der Waals surface area (Å²) in [4.78, 5) is 8.76. The number of anilines is 2. The smallest absolute Gasteiger partial charge is 0.366 e. The number of nitrogens with zero attached hydrogens (tertiary/aromatic N) is 3. The summed E-state index contributed by atoms with van der Waals surface area (Å²) in [5, 5.41) is 13.8. The molecule has 2 atom stereocenters. The Morgan fingerprint density at radius 2 is 2.11 bits per heavy atom. The number of fused-ring (bicyclic) bond motifs is 4. The third-order valence-corrected chi connectivity index (χ3v) is 5.32. The molecule has 1 aromatic carbocycles. The van der Waals surface area contributed by atoms with Crippen molar-refractivity contribution in [3.63, 3.8) is 0 Å². The van der Waals surface area contributed by atoms with Gasteiger partial charge in [-0.1, -0.05) is 19.1 Å². The lowest BCUT2D eigenvalue weighted by Crippen LogP contribution is -2.54. The first-order chi connectivity index (χ1) is 13.4. The summed E-state index contributed by atoms with van der Waals surface area (Å²) < 4.78 is 39.2. The Balaban J connectivity index is 1.73. The van der Waals surface area contributed by atoms with Crippen molar-refractivity contribution in [1.82, 2.24) is 10.3 Å². The van der Waals surface area contributed by atoms with Gasteiger partial charge in [-0.2, -0.15) is 13.2 Å². The molecule has 5 nitrogen and oxygen atoms in total. The van der Waals surface area contributed by atoms with Crippen LogP contribution in [0.3, 0.4) is 0 Å². The monoisotopic (exact) mass is 392 g/mol. The van der Waals surface area contributed by atoms with Gasteiger partial charge in [-0.05, 0) is 43.7 Å². The maximum Gasteiger partial charge on any atom is 0.416 e. The van der Waals surface area contributed by atoms with Crippen LogP contribution >= 0.6 is 0 Å². The van der Waals surface area contributed by atoms with Crippen LogP contribution in [-0.4, -0.2) is 42.1 Å². The molecule has 2 aromatic rings. The highest BCUT2D eigenvalue weighted by molar-refractivity contribution is 5.76. The molecule has 1 aromatic heterocycles. The number of hydrogen-bond donors (Lipinski definition) is 2. The molecule has 0 spiro atoms. The van der Waals surface area contributed by atoms with E-state index in [1.165, 1.54) is 6.07 Å². The number of nitrogens with one attached hydrogen (secondary N) is 1. The van der Waals surface area contributed by atoms with Crippen molar-refractivity contribution in [2.24, 2.45) is 0 Å². The van der Waals surface area contributed by atoms with Crippen LogP contribution in [0.25, 0.3) is 11.3 Å². The van der Waals surface area contributed by atoms with Crippen molar-refractivity contribution in [2.75, 3.05) is 29.4 Å². The van der Waals surface area contributed by atoms with Gasteiger partial charge in [-0.25, -0.2) is 4.98 Å². The van der Waals surface area contributed by atoms with Gasteiger partial charge in [0, 0.05) is 18.7 Å². The average molecular weight is 392 g/mol. The van der Waals surface area contributed by atoms with E-state index in [2.05, 4.69) is 15.2 Å². The van der Waals surface area contributed by atoms with Crippen molar-refractivity contribution < 1.29 is 18.3 Å². The summed E-state index contributed by atoms with van der Waals surface area (Å²) >= 11 is 0. The normalized spacial score (nSPS) is 19.7. The molecular weight excluding hydrogens is 369 g/mol. The van der Waals surface area contributed by atoms with Gasteiger partial charge in [0.1, 0.15) is 0 Å².